The van der Waals surface area contributed by atoms with Crippen molar-refractivity contribution in [1.82, 2.24) is 0 Å². The van der Waals surface area contributed by atoms with Crippen molar-refractivity contribution in [3.8, 4) is 89.0 Å². The lowest BCUT2D eigenvalue weighted by molar-refractivity contribution is 1.28. The van der Waals surface area contributed by atoms with Crippen molar-refractivity contribution in [2.45, 2.75) is 0 Å². The highest BCUT2D eigenvalue weighted by atomic mass is 15.1. The second-order valence-electron chi connectivity index (χ2n) is 16.9. The molecular formula is C66H47N. The second-order valence-corrected chi connectivity index (χ2v) is 16.9. The lowest BCUT2D eigenvalue weighted by Gasteiger charge is -2.27. The zero-order valence-corrected chi connectivity index (χ0v) is 37.1. The van der Waals surface area contributed by atoms with E-state index in [-0.39, 0.29) is 0 Å². The fourth-order valence-corrected chi connectivity index (χ4v) is 9.50. The van der Waals surface area contributed by atoms with Crippen LogP contribution in [0.1, 0.15) is 0 Å². The highest BCUT2D eigenvalue weighted by Crippen LogP contribution is 2.47. The average molecular weight is 854 g/mol. The lowest BCUT2D eigenvalue weighted by atomic mass is 9.84. The van der Waals surface area contributed by atoms with Gasteiger partial charge in [0.05, 0.1) is 0 Å². The number of para-hydroxylation sites is 1. The first kappa shape index (κ1) is 41.0. The quantitative estimate of drug-likeness (QED) is 0.125. The minimum absolute atomic E-state index is 1.07. The minimum atomic E-state index is 1.07. The Morgan fingerprint density at radius 1 is 0.164 bits per heavy atom. The van der Waals surface area contributed by atoms with Crippen LogP contribution < -0.4 is 4.90 Å². The van der Waals surface area contributed by atoms with Gasteiger partial charge in [-0.05, 0) is 150 Å². The van der Waals surface area contributed by atoms with Crippen LogP contribution in [0.5, 0.6) is 0 Å². The van der Waals surface area contributed by atoms with E-state index in [0.29, 0.717) is 0 Å². The molecule has 0 saturated heterocycles. The molecule has 0 aromatic heterocycles. The van der Waals surface area contributed by atoms with Crippen LogP contribution in [-0.2, 0) is 0 Å². The van der Waals surface area contributed by atoms with E-state index >= 15 is 0 Å². The van der Waals surface area contributed by atoms with Gasteiger partial charge in [-0.3, -0.25) is 0 Å². The molecule has 0 N–H and O–H groups in total. The third-order valence-corrected chi connectivity index (χ3v) is 12.6. The Labute approximate surface area is 394 Å². The van der Waals surface area contributed by atoms with E-state index in [9.17, 15) is 0 Å². The molecule has 0 atom stereocenters. The molecule has 0 saturated carbocycles. The van der Waals surface area contributed by atoms with E-state index < -0.39 is 0 Å². The molecule has 0 aliphatic carbocycles. The number of benzene rings is 11. The minimum Gasteiger partial charge on any atom is -0.310 e. The molecule has 0 aliphatic rings. The molecule has 11 aromatic rings. The van der Waals surface area contributed by atoms with Crippen LogP contribution in [0, 0.1) is 0 Å². The maximum Gasteiger partial charge on any atom is 0.0467 e. The van der Waals surface area contributed by atoms with Gasteiger partial charge in [0.1, 0.15) is 0 Å². The van der Waals surface area contributed by atoms with Crippen LogP contribution in [0.2, 0.25) is 0 Å². The standard InChI is InChI=1S/C66H47N/c1-8-24-48(25-9-1)61-44-56(45-62(49-26-10-2-11-27-49)65(61)52-32-16-5-17-33-52)54-36-22-40-59(42-54)67(58-38-20-7-21-39-58)60-41-23-37-55(43-60)57-46-63(50-28-12-3-13-29-50)66(53-34-18-6-19-35-53)64(47-57)51-30-14-4-15-31-51/h1-47H. The van der Waals surface area contributed by atoms with Crippen LogP contribution >= 0.6 is 0 Å². The zero-order chi connectivity index (χ0) is 44.8. The van der Waals surface area contributed by atoms with Crippen molar-refractivity contribution in [1.29, 1.82) is 0 Å². The van der Waals surface area contributed by atoms with E-state index in [0.717, 1.165) is 39.3 Å². The van der Waals surface area contributed by atoms with Crippen LogP contribution in [0.25, 0.3) is 89.0 Å². The summed E-state index contributed by atoms with van der Waals surface area (Å²) in [7, 11) is 0. The molecule has 11 rings (SSSR count). The Hall–Kier alpha value is -8.78. The average Bonchev–Trinajstić information content (AvgIpc) is 3.42. The van der Waals surface area contributed by atoms with Gasteiger partial charge in [-0.2, -0.15) is 0 Å². The van der Waals surface area contributed by atoms with E-state index in [4.69, 9.17) is 0 Å². The maximum atomic E-state index is 2.39. The first-order valence-electron chi connectivity index (χ1n) is 23.0. The van der Waals surface area contributed by atoms with Crippen molar-refractivity contribution in [3.63, 3.8) is 0 Å². The Morgan fingerprint density at radius 3 is 0.701 bits per heavy atom. The summed E-state index contributed by atoms with van der Waals surface area (Å²) in [6.45, 7) is 0. The molecule has 0 bridgehead atoms. The molecule has 0 radical (unpaired) electrons. The molecule has 67 heavy (non-hydrogen) atoms. The number of anilines is 3. The van der Waals surface area contributed by atoms with Gasteiger partial charge in [-0.1, -0.05) is 224 Å². The molecule has 0 unspecified atom stereocenters. The summed E-state index contributed by atoms with van der Waals surface area (Å²) in [6.07, 6.45) is 0. The summed E-state index contributed by atoms with van der Waals surface area (Å²) < 4.78 is 0. The summed E-state index contributed by atoms with van der Waals surface area (Å²) in [5.41, 5.74) is 22.2. The molecular weight excluding hydrogens is 807 g/mol. The van der Waals surface area contributed by atoms with Crippen LogP contribution in [0.4, 0.5) is 17.1 Å². The Balaban J connectivity index is 1.08. The molecule has 1 heteroatoms. The highest BCUT2D eigenvalue weighted by Gasteiger charge is 2.21. The van der Waals surface area contributed by atoms with Gasteiger partial charge < -0.3 is 4.90 Å². The molecule has 0 fully saturated rings. The molecule has 0 aliphatic heterocycles. The molecule has 0 heterocycles. The molecule has 1 nitrogen and oxygen atoms in total. The first-order chi connectivity index (χ1) is 33.2. The van der Waals surface area contributed by atoms with Gasteiger partial charge in [0, 0.05) is 17.1 Å². The fourth-order valence-electron chi connectivity index (χ4n) is 9.50. The zero-order valence-electron chi connectivity index (χ0n) is 37.1. The number of hydrogen-bond donors (Lipinski definition) is 0. The molecule has 316 valence electrons. The Morgan fingerprint density at radius 2 is 0.403 bits per heavy atom. The van der Waals surface area contributed by atoms with Gasteiger partial charge in [0.15, 0.2) is 0 Å². The number of hydrogen-bond acceptors (Lipinski definition) is 1. The van der Waals surface area contributed by atoms with Gasteiger partial charge in [-0.15, -0.1) is 0 Å². The smallest absolute Gasteiger partial charge is 0.0467 e. The fraction of sp³-hybridized carbons (Fsp3) is 0. The van der Waals surface area contributed by atoms with E-state index in [1.165, 1.54) is 66.8 Å². The normalized spacial score (nSPS) is 11.0. The van der Waals surface area contributed by atoms with E-state index in [2.05, 4.69) is 290 Å². The van der Waals surface area contributed by atoms with Crippen molar-refractivity contribution in [3.05, 3.63) is 285 Å². The van der Waals surface area contributed by atoms with Crippen molar-refractivity contribution < 1.29 is 0 Å². The van der Waals surface area contributed by atoms with E-state index in [1.807, 2.05) is 0 Å². The number of nitrogens with zero attached hydrogens (tertiary/aromatic N) is 1. The van der Waals surface area contributed by atoms with Crippen LogP contribution in [0.15, 0.2) is 285 Å². The summed E-state index contributed by atoms with van der Waals surface area (Å²) in [4.78, 5) is 2.39. The van der Waals surface area contributed by atoms with Crippen LogP contribution in [0.3, 0.4) is 0 Å². The SMILES string of the molecule is c1ccc(-c2cc(-c3cccc(N(c4ccccc4)c4cccc(-c5cc(-c6ccccc6)c(-c6ccccc6)c(-c6ccccc6)c5)c4)c3)cc(-c3ccccc3)c2-c2ccccc2)cc1. The predicted molar refractivity (Wildman–Crippen MR) is 285 cm³/mol. The Kier molecular flexibility index (Phi) is 11.5. The predicted octanol–water partition coefficient (Wildman–Crippen LogP) is 18.5. The Bertz CT molecular complexity index is 3070. The maximum absolute atomic E-state index is 2.39. The van der Waals surface area contributed by atoms with Gasteiger partial charge in [-0.25, -0.2) is 0 Å². The summed E-state index contributed by atoms with van der Waals surface area (Å²) in [5.74, 6) is 0. The summed E-state index contributed by atoms with van der Waals surface area (Å²) in [6, 6.07) is 103. The topological polar surface area (TPSA) is 3.24 Å². The van der Waals surface area contributed by atoms with Crippen molar-refractivity contribution >= 4 is 17.1 Å². The third-order valence-electron chi connectivity index (χ3n) is 12.6. The first-order valence-corrected chi connectivity index (χ1v) is 23.0. The highest BCUT2D eigenvalue weighted by molar-refractivity contribution is 6.00. The van der Waals surface area contributed by atoms with Gasteiger partial charge >= 0.3 is 0 Å². The largest absolute Gasteiger partial charge is 0.310 e. The second kappa shape index (κ2) is 18.7. The molecule has 11 aromatic carbocycles. The molecule has 0 spiro atoms. The van der Waals surface area contributed by atoms with Crippen molar-refractivity contribution in [2.75, 3.05) is 4.90 Å². The molecule has 0 amide bonds. The van der Waals surface area contributed by atoms with E-state index in [1.54, 1.807) is 0 Å². The third kappa shape index (κ3) is 8.51. The summed E-state index contributed by atoms with van der Waals surface area (Å²) >= 11 is 0. The lowest BCUT2D eigenvalue weighted by Crippen LogP contribution is -2.10. The van der Waals surface area contributed by atoms with Gasteiger partial charge in [0.25, 0.3) is 0 Å². The summed E-state index contributed by atoms with van der Waals surface area (Å²) in [5, 5.41) is 0. The number of rotatable bonds is 11. The van der Waals surface area contributed by atoms with Crippen LogP contribution in [-0.4, -0.2) is 0 Å². The van der Waals surface area contributed by atoms with Crippen molar-refractivity contribution in [2.24, 2.45) is 0 Å². The van der Waals surface area contributed by atoms with Gasteiger partial charge in [0.2, 0.25) is 0 Å². The monoisotopic (exact) mass is 853 g/mol.